The zero-order valence-corrected chi connectivity index (χ0v) is 11.1. The highest BCUT2D eigenvalue weighted by Gasteiger charge is 2.11. The number of hydrogen-bond donors (Lipinski definition) is 1. The van der Waals surface area contributed by atoms with Crippen molar-refractivity contribution in [3.05, 3.63) is 64.9 Å². The highest BCUT2D eigenvalue weighted by Crippen LogP contribution is 2.17. The molecule has 0 aliphatic carbocycles. The van der Waals surface area contributed by atoms with Gasteiger partial charge in [0.2, 0.25) is 0 Å². The van der Waals surface area contributed by atoms with Crippen molar-refractivity contribution in [3.63, 3.8) is 0 Å². The van der Waals surface area contributed by atoms with Gasteiger partial charge >= 0.3 is 0 Å². The van der Waals surface area contributed by atoms with Crippen LogP contribution in [0.25, 0.3) is 5.69 Å². The van der Waals surface area contributed by atoms with Gasteiger partial charge in [0.25, 0.3) is 0 Å². The maximum absolute atomic E-state index is 6.18. The fourth-order valence-corrected chi connectivity index (χ4v) is 2.58. The van der Waals surface area contributed by atoms with Crippen molar-refractivity contribution in [2.45, 2.75) is 12.5 Å². The van der Waals surface area contributed by atoms with E-state index in [2.05, 4.69) is 10.1 Å². The van der Waals surface area contributed by atoms with Gasteiger partial charge in [0.15, 0.2) is 0 Å². The molecular formula is C14H14N4S. The summed E-state index contributed by atoms with van der Waals surface area (Å²) in [5.41, 5.74) is 9.95. The summed E-state index contributed by atoms with van der Waals surface area (Å²) in [7, 11) is 0. The van der Waals surface area contributed by atoms with Crippen molar-refractivity contribution in [2.24, 2.45) is 5.73 Å². The first-order valence-electron chi connectivity index (χ1n) is 6.07. The van der Waals surface area contributed by atoms with E-state index < -0.39 is 0 Å². The van der Waals surface area contributed by atoms with Crippen molar-refractivity contribution in [1.29, 1.82) is 0 Å². The minimum atomic E-state index is -0.0922. The Morgan fingerprint density at radius 1 is 1.21 bits per heavy atom. The van der Waals surface area contributed by atoms with E-state index in [-0.39, 0.29) is 6.04 Å². The van der Waals surface area contributed by atoms with Gasteiger partial charge in [-0.1, -0.05) is 18.2 Å². The molecule has 5 heteroatoms. The maximum atomic E-state index is 6.18. The second-order valence-corrected chi connectivity index (χ2v) is 5.27. The van der Waals surface area contributed by atoms with Crippen LogP contribution in [0, 0.1) is 0 Å². The molecule has 0 bridgehead atoms. The van der Waals surface area contributed by atoms with E-state index in [1.165, 1.54) is 4.88 Å². The Labute approximate surface area is 115 Å². The first-order chi connectivity index (χ1) is 9.33. The molecule has 19 heavy (non-hydrogen) atoms. The highest BCUT2D eigenvalue weighted by molar-refractivity contribution is 7.09. The predicted molar refractivity (Wildman–Crippen MR) is 76.3 cm³/mol. The molecule has 2 aromatic heterocycles. The van der Waals surface area contributed by atoms with E-state index >= 15 is 0 Å². The Kier molecular flexibility index (Phi) is 3.39. The Morgan fingerprint density at radius 2 is 2.05 bits per heavy atom. The number of rotatable bonds is 4. The van der Waals surface area contributed by atoms with Gasteiger partial charge in [0, 0.05) is 23.7 Å². The van der Waals surface area contributed by atoms with E-state index in [0.717, 1.165) is 17.8 Å². The van der Waals surface area contributed by atoms with Gasteiger partial charge in [-0.05, 0) is 18.2 Å². The molecule has 4 nitrogen and oxygen atoms in total. The summed E-state index contributed by atoms with van der Waals surface area (Å²) in [5, 5.41) is 4.54. The molecule has 0 amide bonds. The van der Waals surface area contributed by atoms with Crippen LogP contribution in [0.15, 0.2) is 54.3 Å². The van der Waals surface area contributed by atoms with Crippen molar-refractivity contribution < 1.29 is 0 Å². The van der Waals surface area contributed by atoms with Crippen molar-refractivity contribution in [2.75, 3.05) is 0 Å². The molecule has 3 aromatic rings. The van der Waals surface area contributed by atoms with E-state index in [9.17, 15) is 0 Å². The summed E-state index contributed by atoms with van der Waals surface area (Å²) in [5.74, 6) is 0. The number of thiazole rings is 1. The number of benzene rings is 1. The van der Waals surface area contributed by atoms with Crippen LogP contribution in [0.5, 0.6) is 0 Å². The van der Waals surface area contributed by atoms with Crippen LogP contribution in [0.4, 0.5) is 0 Å². The number of nitrogens with zero attached hydrogens (tertiary/aromatic N) is 3. The molecule has 2 N–H and O–H groups in total. The lowest BCUT2D eigenvalue weighted by Gasteiger charge is -2.06. The lowest BCUT2D eigenvalue weighted by Crippen LogP contribution is -2.13. The largest absolute Gasteiger partial charge is 0.322 e. The average Bonchev–Trinajstić information content (AvgIpc) is 3.10. The second-order valence-electron chi connectivity index (χ2n) is 4.30. The van der Waals surface area contributed by atoms with Gasteiger partial charge in [0.05, 0.1) is 22.9 Å². The predicted octanol–water partition coefficient (Wildman–Crippen LogP) is 2.57. The smallest absolute Gasteiger partial charge is 0.0799 e. The first-order valence-corrected chi connectivity index (χ1v) is 6.95. The molecular weight excluding hydrogens is 256 g/mol. The van der Waals surface area contributed by atoms with Gasteiger partial charge in [0.1, 0.15) is 0 Å². The van der Waals surface area contributed by atoms with Crippen LogP contribution in [-0.2, 0) is 6.42 Å². The molecule has 0 aliphatic rings. The molecule has 1 aromatic carbocycles. The monoisotopic (exact) mass is 270 g/mol. The molecule has 0 radical (unpaired) electrons. The van der Waals surface area contributed by atoms with Crippen molar-refractivity contribution in [1.82, 2.24) is 14.8 Å². The second kappa shape index (κ2) is 5.34. The lowest BCUT2D eigenvalue weighted by atomic mass is 10.1. The molecule has 0 saturated carbocycles. The fraction of sp³-hybridized carbons (Fsp3) is 0.143. The zero-order valence-electron chi connectivity index (χ0n) is 10.3. The Morgan fingerprint density at radius 3 is 2.79 bits per heavy atom. The number of hydrogen-bond acceptors (Lipinski definition) is 4. The highest BCUT2D eigenvalue weighted by atomic mass is 32.1. The molecule has 96 valence electrons. The van der Waals surface area contributed by atoms with Gasteiger partial charge in [-0.25, -0.2) is 4.68 Å². The summed E-state index contributed by atoms with van der Waals surface area (Å²) >= 11 is 1.62. The van der Waals surface area contributed by atoms with E-state index in [1.807, 2.05) is 59.0 Å². The average molecular weight is 270 g/mol. The molecule has 0 spiro atoms. The van der Waals surface area contributed by atoms with Gasteiger partial charge in [-0.2, -0.15) is 5.10 Å². The molecule has 0 aliphatic heterocycles. The number of para-hydroxylation sites is 1. The standard InChI is InChI=1S/C14H14N4S/c15-13(8-12-9-16-10-19-12)14-6-7-18(17-14)11-4-2-1-3-5-11/h1-7,9-10,13H,8,15H2. The van der Waals surface area contributed by atoms with Gasteiger partial charge in [-0.15, -0.1) is 11.3 Å². The van der Waals surface area contributed by atoms with Crippen LogP contribution < -0.4 is 5.73 Å². The third-order valence-corrected chi connectivity index (χ3v) is 3.72. The molecule has 1 atom stereocenters. The van der Waals surface area contributed by atoms with Crippen LogP contribution >= 0.6 is 11.3 Å². The first kappa shape index (κ1) is 12.1. The Bertz CT molecular complexity index is 631. The van der Waals surface area contributed by atoms with Crippen molar-refractivity contribution in [3.8, 4) is 5.69 Å². The molecule has 0 saturated heterocycles. The molecule has 1 unspecified atom stereocenters. The van der Waals surface area contributed by atoms with Crippen LogP contribution in [0.1, 0.15) is 16.6 Å². The summed E-state index contributed by atoms with van der Waals surface area (Å²) in [6.07, 6.45) is 4.58. The maximum Gasteiger partial charge on any atom is 0.0799 e. The number of aromatic nitrogens is 3. The summed E-state index contributed by atoms with van der Waals surface area (Å²) in [6.45, 7) is 0. The quantitative estimate of drug-likeness (QED) is 0.792. The molecule has 3 rings (SSSR count). The van der Waals surface area contributed by atoms with Crippen LogP contribution in [-0.4, -0.2) is 14.8 Å². The van der Waals surface area contributed by atoms with E-state index in [1.54, 1.807) is 11.3 Å². The summed E-state index contributed by atoms with van der Waals surface area (Å²) in [4.78, 5) is 5.24. The van der Waals surface area contributed by atoms with Crippen molar-refractivity contribution >= 4 is 11.3 Å². The van der Waals surface area contributed by atoms with E-state index in [0.29, 0.717) is 0 Å². The minimum Gasteiger partial charge on any atom is -0.322 e. The normalized spacial score (nSPS) is 12.5. The fourth-order valence-electron chi connectivity index (χ4n) is 1.92. The van der Waals surface area contributed by atoms with Gasteiger partial charge < -0.3 is 5.73 Å². The van der Waals surface area contributed by atoms with Crippen LogP contribution in [0.3, 0.4) is 0 Å². The molecule has 2 heterocycles. The van der Waals surface area contributed by atoms with Gasteiger partial charge in [-0.3, -0.25) is 4.98 Å². The molecule has 0 fully saturated rings. The Hall–Kier alpha value is -1.98. The zero-order chi connectivity index (χ0) is 13.1. The number of nitrogens with two attached hydrogens (primary N) is 1. The van der Waals surface area contributed by atoms with E-state index in [4.69, 9.17) is 5.73 Å². The summed E-state index contributed by atoms with van der Waals surface area (Å²) < 4.78 is 1.85. The SMILES string of the molecule is NC(Cc1cncs1)c1ccn(-c2ccccc2)n1. The summed E-state index contributed by atoms with van der Waals surface area (Å²) in [6, 6.07) is 11.9. The third-order valence-electron chi connectivity index (χ3n) is 2.91. The topological polar surface area (TPSA) is 56.7 Å². The Balaban J connectivity index is 1.78. The third kappa shape index (κ3) is 2.72. The minimum absolute atomic E-state index is 0.0922. The van der Waals surface area contributed by atoms with Crippen LogP contribution in [0.2, 0.25) is 0 Å². The lowest BCUT2D eigenvalue weighted by molar-refractivity contribution is 0.683.